The van der Waals surface area contributed by atoms with Crippen LogP contribution in [0.1, 0.15) is 30.4 Å². The van der Waals surface area contributed by atoms with Crippen LogP contribution in [0.15, 0.2) is 23.4 Å². The molecule has 1 rings (SSSR count). The first-order valence-corrected chi connectivity index (χ1v) is 5.91. The number of nitrogens with one attached hydrogen (secondary N) is 1. The SMILES string of the molecule is Cc1ccc(C)c(NCCCCC(N)=NO)c1. The van der Waals surface area contributed by atoms with Gasteiger partial charge in [-0.15, -0.1) is 0 Å². The lowest BCUT2D eigenvalue weighted by Gasteiger charge is -2.10. The number of benzene rings is 1. The fourth-order valence-electron chi connectivity index (χ4n) is 1.63. The minimum absolute atomic E-state index is 0.303. The summed E-state index contributed by atoms with van der Waals surface area (Å²) in [4.78, 5) is 0. The first-order valence-electron chi connectivity index (χ1n) is 5.91. The fraction of sp³-hybridized carbons (Fsp3) is 0.462. The molecule has 0 aromatic heterocycles. The second-order valence-electron chi connectivity index (χ2n) is 4.29. The number of anilines is 1. The summed E-state index contributed by atoms with van der Waals surface area (Å²) in [5, 5.41) is 14.7. The van der Waals surface area contributed by atoms with Gasteiger partial charge in [0.1, 0.15) is 5.84 Å². The maximum Gasteiger partial charge on any atom is 0.139 e. The van der Waals surface area contributed by atoms with E-state index in [9.17, 15) is 0 Å². The second kappa shape index (κ2) is 6.78. The number of aryl methyl sites for hydroxylation is 2. The summed E-state index contributed by atoms with van der Waals surface area (Å²) in [7, 11) is 0. The molecule has 0 unspecified atom stereocenters. The lowest BCUT2D eigenvalue weighted by Crippen LogP contribution is -2.12. The molecule has 0 heterocycles. The molecule has 4 N–H and O–H groups in total. The van der Waals surface area contributed by atoms with Crippen LogP contribution < -0.4 is 11.1 Å². The van der Waals surface area contributed by atoms with Crippen molar-refractivity contribution in [3.8, 4) is 0 Å². The minimum Gasteiger partial charge on any atom is -0.409 e. The van der Waals surface area contributed by atoms with Crippen LogP contribution >= 0.6 is 0 Å². The lowest BCUT2D eigenvalue weighted by atomic mass is 10.1. The molecule has 0 saturated carbocycles. The average Bonchev–Trinajstić information content (AvgIpc) is 2.32. The molecule has 0 bridgehead atoms. The van der Waals surface area contributed by atoms with Gasteiger partial charge < -0.3 is 16.3 Å². The molecule has 0 atom stereocenters. The van der Waals surface area contributed by atoms with Gasteiger partial charge in [0.2, 0.25) is 0 Å². The Balaban J connectivity index is 2.29. The topological polar surface area (TPSA) is 70.6 Å². The third kappa shape index (κ3) is 4.76. The quantitative estimate of drug-likeness (QED) is 0.233. The number of unbranched alkanes of at least 4 members (excludes halogenated alkanes) is 1. The monoisotopic (exact) mass is 235 g/mol. The number of rotatable bonds is 6. The number of hydrogen-bond acceptors (Lipinski definition) is 3. The van der Waals surface area contributed by atoms with E-state index in [1.807, 2.05) is 0 Å². The molecule has 0 aliphatic carbocycles. The molecule has 0 radical (unpaired) electrons. The van der Waals surface area contributed by atoms with Crippen molar-refractivity contribution in [2.24, 2.45) is 10.9 Å². The van der Waals surface area contributed by atoms with Crippen molar-refractivity contribution >= 4 is 11.5 Å². The summed E-state index contributed by atoms with van der Waals surface area (Å²) in [6.45, 7) is 5.09. The van der Waals surface area contributed by atoms with Crippen molar-refractivity contribution in [1.82, 2.24) is 0 Å². The van der Waals surface area contributed by atoms with Crippen LogP contribution in [0, 0.1) is 13.8 Å². The first-order chi connectivity index (χ1) is 8.13. The predicted molar refractivity (Wildman–Crippen MR) is 71.7 cm³/mol. The Morgan fingerprint density at radius 1 is 1.35 bits per heavy atom. The van der Waals surface area contributed by atoms with Crippen LogP contribution in [0.5, 0.6) is 0 Å². The van der Waals surface area contributed by atoms with Crippen molar-refractivity contribution in [3.05, 3.63) is 29.3 Å². The summed E-state index contributed by atoms with van der Waals surface area (Å²) >= 11 is 0. The fourth-order valence-corrected chi connectivity index (χ4v) is 1.63. The van der Waals surface area contributed by atoms with E-state index in [-0.39, 0.29) is 0 Å². The Morgan fingerprint density at radius 3 is 2.82 bits per heavy atom. The van der Waals surface area contributed by atoms with Crippen molar-refractivity contribution in [2.75, 3.05) is 11.9 Å². The molecular weight excluding hydrogens is 214 g/mol. The molecular formula is C13H21N3O. The van der Waals surface area contributed by atoms with Crippen LogP contribution in [0.3, 0.4) is 0 Å². The lowest BCUT2D eigenvalue weighted by molar-refractivity contribution is 0.316. The Kier molecular flexibility index (Phi) is 5.33. The Labute approximate surface area is 103 Å². The highest BCUT2D eigenvalue weighted by atomic mass is 16.4. The zero-order valence-corrected chi connectivity index (χ0v) is 10.5. The molecule has 4 heteroatoms. The number of amidine groups is 1. The van der Waals surface area contributed by atoms with Crippen molar-refractivity contribution < 1.29 is 5.21 Å². The van der Waals surface area contributed by atoms with Crippen LogP contribution in [-0.4, -0.2) is 17.6 Å². The molecule has 4 nitrogen and oxygen atoms in total. The molecule has 0 amide bonds. The van der Waals surface area contributed by atoms with E-state index in [1.165, 1.54) is 16.8 Å². The standard InChI is InChI=1S/C13H21N3O/c1-10-6-7-11(2)12(9-10)15-8-4-3-5-13(14)16-17/h6-7,9,15,17H,3-5,8H2,1-2H3,(H2,14,16). The molecule has 0 saturated heterocycles. The molecule has 0 spiro atoms. The molecule has 1 aromatic rings. The molecule has 0 fully saturated rings. The van der Waals surface area contributed by atoms with Gasteiger partial charge in [0.05, 0.1) is 0 Å². The van der Waals surface area contributed by atoms with Crippen LogP contribution in [0.25, 0.3) is 0 Å². The first kappa shape index (κ1) is 13.4. The van der Waals surface area contributed by atoms with E-state index in [1.54, 1.807) is 0 Å². The van der Waals surface area contributed by atoms with E-state index in [0.29, 0.717) is 12.3 Å². The summed E-state index contributed by atoms with van der Waals surface area (Å²) in [5.41, 5.74) is 9.09. The van der Waals surface area contributed by atoms with Crippen molar-refractivity contribution in [2.45, 2.75) is 33.1 Å². The predicted octanol–water partition coefficient (Wildman–Crippen LogP) is 2.63. The highest BCUT2D eigenvalue weighted by Crippen LogP contribution is 2.16. The smallest absolute Gasteiger partial charge is 0.139 e. The highest BCUT2D eigenvalue weighted by Gasteiger charge is 1.98. The van der Waals surface area contributed by atoms with Gasteiger partial charge in [-0.1, -0.05) is 17.3 Å². The van der Waals surface area contributed by atoms with Gasteiger partial charge in [0.15, 0.2) is 0 Å². The maximum atomic E-state index is 8.38. The Hall–Kier alpha value is -1.71. The van der Waals surface area contributed by atoms with Gasteiger partial charge in [-0.05, 0) is 43.9 Å². The van der Waals surface area contributed by atoms with E-state index in [2.05, 4.69) is 42.5 Å². The second-order valence-corrected chi connectivity index (χ2v) is 4.29. The molecule has 0 aliphatic rings. The minimum atomic E-state index is 0.303. The van der Waals surface area contributed by atoms with Crippen LogP contribution in [0.2, 0.25) is 0 Å². The van der Waals surface area contributed by atoms with Gasteiger partial charge >= 0.3 is 0 Å². The number of nitrogens with zero attached hydrogens (tertiary/aromatic N) is 1. The Bertz CT molecular complexity index is 388. The number of oxime groups is 1. The van der Waals surface area contributed by atoms with Crippen LogP contribution in [-0.2, 0) is 0 Å². The average molecular weight is 235 g/mol. The third-order valence-electron chi connectivity index (χ3n) is 2.70. The maximum absolute atomic E-state index is 8.38. The van der Waals surface area contributed by atoms with E-state index >= 15 is 0 Å². The van der Waals surface area contributed by atoms with Gasteiger partial charge in [-0.25, -0.2) is 0 Å². The summed E-state index contributed by atoms with van der Waals surface area (Å²) in [6.07, 6.45) is 2.57. The van der Waals surface area contributed by atoms with Gasteiger partial charge in [0.25, 0.3) is 0 Å². The zero-order valence-electron chi connectivity index (χ0n) is 10.5. The van der Waals surface area contributed by atoms with Gasteiger partial charge in [0, 0.05) is 18.7 Å². The van der Waals surface area contributed by atoms with Crippen LogP contribution in [0.4, 0.5) is 5.69 Å². The summed E-state index contributed by atoms with van der Waals surface area (Å²) < 4.78 is 0. The molecule has 17 heavy (non-hydrogen) atoms. The van der Waals surface area contributed by atoms with E-state index in [0.717, 1.165) is 19.4 Å². The van der Waals surface area contributed by atoms with Crippen molar-refractivity contribution in [3.63, 3.8) is 0 Å². The van der Waals surface area contributed by atoms with E-state index in [4.69, 9.17) is 10.9 Å². The number of nitrogens with two attached hydrogens (primary N) is 1. The largest absolute Gasteiger partial charge is 0.409 e. The molecule has 94 valence electrons. The molecule has 1 aromatic carbocycles. The normalized spacial score (nSPS) is 11.5. The zero-order chi connectivity index (χ0) is 12.7. The third-order valence-corrected chi connectivity index (χ3v) is 2.70. The van der Waals surface area contributed by atoms with Gasteiger partial charge in [-0.2, -0.15) is 0 Å². The number of hydrogen-bond donors (Lipinski definition) is 3. The van der Waals surface area contributed by atoms with Gasteiger partial charge in [-0.3, -0.25) is 0 Å². The summed E-state index contributed by atoms with van der Waals surface area (Å²) in [5.74, 6) is 0.303. The highest BCUT2D eigenvalue weighted by molar-refractivity contribution is 5.79. The Morgan fingerprint density at radius 2 is 2.12 bits per heavy atom. The molecule has 0 aliphatic heterocycles. The van der Waals surface area contributed by atoms with E-state index < -0.39 is 0 Å². The summed E-state index contributed by atoms with van der Waals surface area (Å²) in [6, 6.07) is 6.38. The van der Waals surface area contributed by atoms with Crippen molar-refractivity contribution in [1.29, 1.82) is 0 Å².